The van der Waals surface area contributed by atoms with E-state index < -0.39 is 30.3 Å². The van der Waals surface area contributed by atoms with E-state index in [2.05, 4.69) is 5.32 Å². The molecule has 144 valence electrons. The van der Waals surface area contributed by atoms with Crippen LogP contribution in [0.4, 0.5) is 10.5 Å². The van der Waals surface area contributed by atoms with E-state index in [1.807, 2.05) is 39.0 Å². The predicted molar refractivity (Wildman–Crippen MR) is 100 cm³/mol. The third-order valence-corrected chi connectivity index (χ3v) is 5.27. The van der Waals surface area contributed by atoms with Gasteiger partial charge in [-0.15, -0.1) is 0 Å². The fourth-order valence-corrected chi connectivity index (χ4v) is 3.81. The molecule has 3 rings (SSSR count). The molecule has 0 bridgehead atoms. The minimum atomic E-state index is -0.920. The zero-order valence-corrected chi connectivity index (χ0v) is 15.9. The molecule has 2 fully saturated rings. The van der Waals surface area contributed by atoms with Crippen molar-refractivity contribution < 1.29 is 19.2 Å². The zero-order chi connectivity index (χ0) is 19.7. The first kappa shape index (κ1) is 19.1. The molecule has 1 aliphatic heterocycles. The zero-order valence-electron chi connectivity index (χ0n) is 15.9. The summed E-state index contributed by atoms with van der Waals surface area (Å²) in [5.74, 6) is -2.03. The van der Waals surface area contributed by atoms with Crippen LogP contribution < -0.4 is 5.32 Å². The topological polar surface area (TPSA) is 86.8 Å². The van der Waals surface area contributed by atoms with Gasteiger partial charge in [0, 0.05) is 11.7 Å². The number of hydrogen-bond acceptors (Lipinski definition) is 4. The molecule has 5 amide bonds. The Morgan fingerprint density at radius 2 is 1.81 bits per heavy atom. The maximum absolute atomic E-state index is 12.6. The number of rotatable bonds is 5. The molecular formula is C20H25N3O4. The number of benzene rings is 1. The van der Waals surface area contributed by atoms with Crippen molar-refractivity contribution in [3.05, 3.63) is 29.3 Å². The van der Waals surface area contributed by atoms with Crippen molar-refractivity contribution in [1.29, 1.82) is 0 Å². The number of carbonyl (C=O) groups is 4. The normalized spacial score (nSPS) is 18.1. The Kier molecular flexibility index (Phi) is 5.30. The quantitative estimate of drug-likeness (QED) is 0.637. The van der Waals surface area contributed by atoms with Gasteiger partial charge < -0.3 is 5.32 Å². The van der Waals surface area contributed by atoms with Gasteiger partial charge >= 0.3 is 17.8 Å². The number of para-hydroxylation sites is 1. The molecule has 0 spiro atoms. The summed E-state index contributed by atoms with van der Waals surface area (Å²) in [7, 11) is 0. The Balaban J connectivity index is 1.74. The number of urea groups is 1. The van der Waals surface area contributed by atoms with E-state index >= 15 is 0 Å². The number of carbonyl (C=O) groups excluding carboxylic acids is 4. The summed E-state index contributed by atoms with van der Waals surface area (Å²) in [4.78, 5) is 51.4. The molecule has 1 aromatic rings. The third kappa shape index (κ3) is 3.59. The highest BCUT2D eigenvalue weighted by Gasteiger charge is 2.48. The van der Waals surface area contributed by atoms with E-state index in [-0.39, 0.29) is 12.0 Å². The largest absolute Gasteiger partial charge is 0.334 e. The molecule has 1 aromatic carbocycles. The highest BCUT2D eigenvalue weighted by atomic mass is 16.2. The minimum Gasteiger partial charge on any atom is -0.324 e. The second-order valence-corrected chi connectivity index (χ2v) is 7.53. The number of anilines is 1. The van der Waals surface area contributed by atoms with Crippen LogP contribution in [-0.2, 0) is 14.4 Å². The van der Waals surface area contributed by atoms with Gasteiger partial charge in [0.2, 0.25) is 5.91 Å². The van der Waals surface area contributed by atoms with Crippen LogP contribution in [-0.4, -0.2) is 46.1 Å². The van der Waals surface area contributed by atoms with Crippen LogP contribution in [0.15, 0.2) is 18.2 Å². The number of nitrogens with one attached hydrogen (secondary N) is 1. The summed E-state index contributed by atoms with van der Waals surface area (Å²) in [6.07, 6.45) is 3.29. The molecule has 1 aliphatic carbocycles. The third-order valence-electron chi connectivity index (χ3n) is 5.27. The van der Waals surface area contributed by atoms with Gasteiger partial charge in [0.05, 0.1) is 0 Å². The molecule has 1 N–H and O–H groups in total. The maximum Gasteiger partial charge on any atom is 0.334 e. The highest BCUT2D eigenvalue weighted by molar-refractivity contribution is 6.45. The van der Waals surface area contributed by atoms with Gasteiger partial charge in [-0.2, -0.15) is 0 Å². The number of hydrogen-bond donors (Lipinski definition) is 1. The number of nitrogens with zero attached hydrogens (tertiary/aromatic N) is 2. The lowest BCUT2D eigenvalue weighted by Gasteiger charge is -2.21. The van der Waals surface area contributed by atoms with Crippen molar-refractivity contribution in [2.24, 2.45) is 0 Å². The predicted octanol–water partition coefficient (Wildman–Crippen LogP) is 2.79. The summed E-state index contributed by atoms with van der Waals surface area (Å²) < 4.78 is 0. The van der Waals surface area contributed by atoms with Gasteiger partial charge in [-0.05, 0) is 36.8 Å². The van der Waals surface area contributed by atoms with Gasteiger partial charge in [-0.3, -0.25) is 19.3 Å². The second-order valence-electron chi connectivity index (χ2n) is 7.53. The summed E-state index contributed by atoms with van der Waals surface area (Å²) in [5.41, 5.74) is 2.57. The van der Waals surface area contributed by atoms with Crippen LogP contribution in [0.2, 0.25) is 0 Å². The van der Waals surface area contributed by atoms with Crippen molar-refractivity contribution >= 4 is 29.4 Å². The van der Waals surface area contributed by atoms with Crippen LogP contribution >= 0.6 is 0 Å². The smallest absolute Gasteiger partial charge is 0.324 e. The van der Waals surface area contributed by atoms with E-state index in [0.717, 1.165) is 33.8 Å². The van der Waals surface area contributed by atoms with Gasteiger partial charge in [0.15, 0.2) is 0 Å². The summed E-state index contributed by atoms with van der Waals surface area (Å²) in [5, 5.41) is 2.81. The molecular weight excluding hydrogens is 346 g/mol. The molecule has 1 heterocycles. The summed E-state index contributed by atoms with van der Waals surface area (Å²) in [6.45, 7) is 5.48. The van der Waals surface area contributed by atoms with Crippen molar-refractivity contribution in [2.75, 3.05) is 11.9 Å². The van der Waals surface area contributed by atoms with Crippen molar-refractivity contribution in [1.82, 2.24) is 9.80 Å². The Morgan fingerprint density at radius 1 is 1.15 bits per heavy atom. The van der Waals surface area contributed by atoms with Gasteiger partial charge in [-0.25, -0.2) is 9.69 Å². The average Bonchev–Trinajstić information content (AvgIpc) is 3.20. The van der Waals surface area contributed by atoms with E-state index in [1.54, 1.807) is 0 Å². The van der Waals surface area contributed by atoms with Crippen molar-refractivity contribution in [3.8, 4) is 0 Å². The lowest BCUT2D eigenvalue weighted by atomic mass is 9.98. The molecule has 0 unspecified atom stereocenters. The van der Waals surface area contributed by atoms with E-state index in [4.69, 9.17) is 0 Å². The Bertz CT molecular complexity index is 796. The van der Waals surface area contributed by atoms with E-state index in [9.17, 15) is 19.2 Å². The molecule has 7 nitrogen and oxygen atoms in total. The summed E-state index contributed by atoms with van der Waals surface area (Å²) in [6, 6.07) is 4.84. The molecule has 0 aromatic heterocycles. The van der Waals surface area contributed by atoms with Gasteiger partial charge in [0.25, 0.3) is 0 Å². The molecule has 0 atom stereocenters. The Morgan fingerprint density at radius 3 is 2.44 bits per heavy atom. The molecule has 2 aliphatic rings. The van der Waals surface area contributed by atoms with Crippen molar-refractivity contribution in [3.63, 3.8) is 0 Å². The standard InChI is InChI=1S/C20H25N3O4/c1-12(2)15-10-6-7-13(3)17(15)21-16(24)11-22-18(25)19(26)23(20(22)27)14-8-4-5-9-14/h6-7,10,12,14H,4-5,8-9,11H2,1-3H3,(H,21,24). The average molecular weight is 371 g/mol. The molecule has 0 radical (unpaired) electrons. The fraction of sp³-hybridized carbons (Fsp3) is 0.500. The van der Waals surface area contributed by atoms with Crippen LogP contribution in [0.1, 0.15) is 56.6 Å². The first-order valence-electron chi connectivity index (χ1n) is 9.39. The summed E-state index contributed by atoms with van der Waals surface area (Å²) >= 11 is 0. The Hall–Kier alpha value is -2.70. The second kappa shape index (κ2) is 7.50. The van der Waals surface area contributed by atoms with Crippen LogP contribution in [0.25, 0.3) is 0 Å². The van der Waals surface area contributed by atoms with E-state index in [0.29, 0.717) is 18.5 Å². The monoisotopic (exact) mass is 371 g/mol. The van der Waals surface area contributed by atoms with Crippen LogP contribution in [0, 0.1) is 6.92 Å². The fourth-order valence-electron chi connectivity index (χ4n) is 3.81. The lowest BCUT2D eigenvalue weighted by molar-refractivity contribution is -0.144. The maximum atomic E-state index is 12.6. The number of amides is 5. The van der Waals surface area contributed by atoms with Gasteiger partial charge in [0.1, 0.15) is 6.54 Å². The lowest BCUT2D eigenvalue weighted by Crippen LogP contribution is -2.41. The van der Waals surface area contributed by atoms with Crippen molar-refractivity contribution in [2.45, 2.75) is 58.4 Å². The SMILES string of the molecule is Cc1cccc(C(C)C)c1NC(=O)CN1C(=O)C(=O)N(C2CCCC2)C1=O. The number of imide groups is 2. The van der Waals surface area contributed by atoms with E-state index in [1.165, 1.54) is 0 Å². The minimum absolute atomic E-state index is 0.203. The Labute approximate surface area is 158 Å². The molecule has 7 heteroatoms. The molecule has 27 heavy (non-hydrogen) atoms. The highest BCUT2D eigenvalue weighted by Crippen LogP contribution is 2.29. The van der Waals surface area contributed by atoms with Crippen LogP contribution in [0.3, 0.4) is 0 Å². The first-order valence-corrected chi connectivity index (χ1v) is 9.39. The van der Waals surface area contributed by atoms with Gasteiger partial charge in [-0.1, -0.05) is 44.9 Å². The molecule has 1 saturated carbocycles. The first-order chi connectivity index (χ1) is 12.8. The molecule has 1 saturated heterocycles. The number of aryl methyl sites for hydroxylation is 1. The van der Waals surface area contributed by atoms with Crippen LogP contribution in [0.5, 0.6) is 0 Å².